The first kappa shape index (κ1) is 11.2. The van der Waals surface area contributed by atoms with Crippen LogP contribution >= 0.6 is 15.9 Å². The van der Waals surface area contributed by atoms with Crippen molar-refractivity contribution in [2.45, 2.75) is 6.61 Å². The van der Waals surface area contributed by atoms with Crippen LogP contribution in [-0.4, -0.2) is 22.0 Å². The quantitative estimate of drug-likeness (QED) is 0.938. The zero-order valence-electron chi connectivity index (χ0n) is 8.72. The molecule has 16 heavy (non-hydrogen) atoms. The zero-order valence-corrected chi connectivity index (χ0v) is 10.3. The number of hydrogen-bond donors (Lipinski definition) is 1. The van der Waals surface area contributed by atoms with Crippen molar-refractivity contribution < 1.29 is 9.84 Å². The Morgan fingerprint density at radius 2 is 2.06 bits per heavy atom. The molecule has 0 aliphatic heterocycles. The minimum absolute atomic E-state index is 0.0836. The maximum absolute atomic E-state index is 9.11. The van der Waals surface area contributed by atoms with Gasteiger partial charge in [0.05, 0.1) is 31.2 Å². The van der Waals surface area contributed by atoms with Crippen LogP contribution in [0.15, 0.2) is 34.9 Å². The molecule has 0 atom stereocenters. The van der Waals surface area contributed by atoms with E-state index in [2.05, 4.69) is 21.0 Å². The summed E-state index contributed by atoms with van der Waals surface area (Å²) >= 11 is 3.37. The molecule has 1 aromatic carbocycles. The van der Waals surface area contributed by atoms with E-state index < -0.39 is 0 Å². The number of aliphatic hydroxyl groups excluding tert-OH is 1. The van der Waals surface area contributed by atoms with Crippen molar-refractivity contribution in [3.8, 4) is 11.6 Å². The molecular weight excluding hydrogens is 272 g/mol. The number of benzene rings is 1. The van der Waals surface area contributed by atoms with Crippen LogP contribution in [0.25, 0.3) is 5.69 Å². The summed E-state index contributed by atoms with van der Waals surface area (Å²) in [7, 11) is 1.56. The lowest BCUT2D eigenvalue weighted by Gasteiger charge is -2.07. The fourth-order valence-electron chi connectivity index (χ4n) is 1.46. The second-order valence-corrected chi connectivity index (χ2v) is 4.14. The molecule has 1 N–H and O–H groups in total. The predicted octanol–water partition coefficient (Wildman–Crippen LogP) is 2.14. The Labute approximate surface area is 102 Å². The van der Waals surface area contributed by atoms with E-state index in [4.69, 9.17) is 9.84 Å². The van der Waals surface area contributed by atoms with Gasteiger partial charge in [-0.05, 0) is 24.3 Å². The third-order valence-corrected chi connectivity index (χ3v) is 2.76. The van der Waals surface area contributed by atoms with Crippen LogP contribution in [0.3, 0.4) is 0 Å². The highest BCUT2D eigenvalue weighted by Gasteiger charge is 2.11. The van der Waals surface area contributed by atoms with Gasteiger partial charge in [0.1, 0.15) is 0 Å². The molecule has 0 saturated heterocycles. The first-order valence-corrected chi connectivity index (χ1v) is 5.53. The third-order valence-electron chi connectivity index (χ3n) is 2.23. The fourth-order valence-corrected chi connectivity index (χ4v) is 1.73. The molecule has 84 valence electrons. The highest BCUT2D eigenvalue weighted by molar-refractivity contribution is 9.10. The van der Waals surface area contributed by atoms with Crippen LogP contribution in [0.2, 0.25) is 0 Å². The Bertz CT molecular complexity index is 479. The smallest absolute Gasteiger partial charge is 0.222 e. The molecule has 0 aliphatic carbocycles. The molecule has 5 heteroatoms. The molecule has 4 nitrogen and oxygen atoms in total. The van der Waals surface area contributed by atoms with Crippen molar-refractivity contribution in [3.63, 3.8) is 0 Å². The number of nitrogens with zero attached hydrogens (tertiary/aromatic N) is 2. The molecule has 2 aromatic rings. The van der Waals surface area contributed by atoms with Crippen LogP contribution in [0, 0.1) is 0 Å². The van der Waals surface area contributed by atoms with E-state index in [1.807, 2.05) is 24.3 Å². The number of aromatic nitrogens is 2. The Morgan fingerprint density at radius 3 is 2.62 bits per heavy atom. The monoisotopic (exact) mass is 282 g/mol. The minimum Gasteiger partial charge on any atom is -0.481 e. The number of methoxy groups -OCH3 is 1. The van der Waals surface area contributed by atoms with E-state index in [1.54, 1.807) is 18.0 Å². The molecule has 0 radical (unpaired) electrons. The molecular formula is C11H11BrN2O2. The largest absolute Gasteiger partial charge is 0.481 e. The van der Waals surface area contributed by atoms with Crippen molar-refractivity contribution >= 4 is 15.9 Å². The van der Waals surface area contributed by atoms with Gasteiger partial charge in [0.25, 0.3) is 0 Å². The summed E-state index contributed by atoms with van der Waals surface area (Å²) in [6, 6.07) is 7.69. The van der Waals surface area contributed by atoms with Crippen molar-refractivity contribution in [1.29, 1.82) is 0 Å². The third kappa shape index (κ3) is 1.96. The van der Waals surface area contributed by atoms with Gasteiger partial charge in [0, 0.05) is 4.47 Å². The van der Waals surface area contributed by atoms with Gasteiger partial charge in [-0.25, -0.2) is 4.68 Å². The van der Waals surface area contributed by atoms with Crippen molar-refractivity contribution in [2.75, 3.05) is 7.11 Å². The topological polar surface area (TPSA) is 47.3 Å². The van der Waals surface area contributed by atoms with Gasteiger partial charge in [-0.2, -0.15) is 5.10 Å². The summed E-state index contributed by atoms with van der Waals surface area (Å²) < 4.78 is 7.88. The number of halogens is 1. The van der Waals surface area contributed by atoms with Crippen molar-refractivity contribution in [3.05, 3.63) is 40.5 Å². The van der Waals surface area contributed by atoms with E-state index >= 15 is 0 Å². The molecule has 1 aromatic heterocycles. The van der Waals surface area contributed by atoms with Gasteiger partial charge in [-0.3, -0.25) is 0 Å². The van der Waals surface area contributed by atoms with E-state index in [-0.39, 0.29) is 6.61 Å². The minimum atomic E-state index is -0.0836. The second kappa shape index (κ2) is 4.67. The summed E-state index contributed by atoms with van der Waals surface area (Å²) in [6.07, 6.45) is 1.60. The normalized spacial score (nSPS) is 10.4. The first-order chi connectivity index (χ1) is 7.76. The fraction of sp³-hybridized carbons (Fsp3) is 0.182. The van der Waals surface area contributed by atoms with Gasteiger partial charge < -0.3 is 9.84 Å². The Kier molecular flexibility index (Phi) is 3.26. The highest BCUT2D eigenvalue weighted by atomic mass is 79.9. The molecule has 0 amide bonds. The maximum Gasteiger partial charge on any atom is 0.222 e. The number of ether oxygens (including phenoxy) is 1. The molecule has 0 unspecified atom stereocenters. The van der Waals surface area contributed by atoms with E-state index in [0.717, 1.165) is 10.2 Å². The van der Waals surface area contributed by atoms with Gasteiger partial charge in [0.15, 0.2) is 0 Å². The summed E-state index contributed by atoms with van der Waals surface area (Å²) in [5, 5.41) is 13.3. The van der Waals surface area contributed by atoms with Gasteiger partial charge >= 0.3 is 0 Å². The van der Waals surface area contributed by atoms with Gasteiger partial charge in [-0.15, -0.1) is 0 Å². The lowest BCUT2D eigenvalue weighted by Crippen LogP contribution is -2.00. The van der Waals surface area contributed by atoms with E-state index in [9.17, 15) is 0 Å². The van der Waals surface area contributed by atoms with Crippen LogP contribution < -0.4 is 4.74 Å². The van der Waals surface area contributed by atoms with E-state index in [0.29, 0.717) is 11.4 Å². The summed E-state index contributed by atoms with van der Waals surface area (Å²) in [5.74, 6) is 0.560. The molecule has 0 fully saturated rings. The Balaban J connectivity index is 2.47. The van der Waals surface area contributed by atoms with Crippen LogP contribution in [0.1, 0.15) is 5.56 Å². The van der Waals surface area contributed by atoms with Crippen LogP contribution in [0.4, 0.5) is 0 Å². The maximum atomic E-state index is 9.11. The molecule has 0 aliphatic rings. The Hall–Kier alpha value is -1.33. The Morgan fingerprint density at radius 1 is 1.38 bits per heavy atom. The molecule has 0 spiro atoms. The molecule has 2 rings (SSSR count). The zero-order chi connectivity index (χ0) is 11.5. The summed E-state index contributed by atoms with van der Waals surface area (Å²) in [6.45, 7) is -0.0836. The highest BCUT2D eigenvalue weighted by Crippen LogP contribution is 2.23. The van der Waals surface area contributed by atoms with Gasteiger partial charge in [0.2, 0.25) is 5.88 Å². The molecule has 1 heterocycles. The molecule has 0 bridgehead atoms. The lowest BCUT2D eigenvalue weighted by atomic mass is 10.3. The lowest BCUT2D eigenvalue weighted by molar-refractivity contribution is 0.272. The van der Waals surface area contributed by atoms with Crippen molar-refractivity contribution in [1.82, 2.24) is 9.78 Å². The average molecular weight is 283 g/mol. The molecule has 0 saturated carbocycles. The standard InChI is InChI=1S/C11H11BrN2O2/c1-16-11-8(7-15)6-13-14(11)10-4-2-9(12)3-5-10/h2-6,15H,7H2,1H3. The van der Waals surface area contributed by atoms with Crippen LogP contribution in [-0.2, 0) is 6.61 Å². The average Bonchev–Trinajstić information content (AvgIpc) is 2.72. The van der Waals surface area contributed by atoms with Crippen molar-refractivity contribution in [2.24, 2.45) is 0 Å². The predicted molar refractivity (Wildman–Crippen MR) is 63.7 cm³/mol. The summed E-state index contributed by atoms with van der Waals surface area (Å²) in [4.78, 5) is 0. The van der Waals surface area contributed by atoms with E-state index in [1.165, 1.54) is 0 Å². The first-order valence-electron chi connectivity index (χ1n) is 4.74. The van der Waals surface area contributed by atoms with Gasteiger partial charge in [-0.1, -0.05) is 15.9 Å². The SMILES string of the molecule is COc1c(CO)cnn1-c1ccc(Br)cc1. The number of rotatable bonds is 3. The second-order valence-electron chi connectivity index (χ2n) is 3.23. The summed E-state index contributed by atoms with van der Waals surface area (Å²) in [5.41, 5.74) is 1.56. The number of aliphatic hydroxyl groups is 1. The van der Waals surface area contributed by atoms with Crippen LogP contribution in [0.5, 0.6) is 5.88 Å². The number of hydrogen-bond acceptors (Lipinski definition) is 3.